The van der Waals surface area contributed by atoms with Gasteiger partial charge in [0, 0.05) is 11.3 Å². The molecule has 5 nitrogen and oxygen atoms in total. The summed E-state index contributed by atoms with van der Waals surface area (Å²) in [5.41, 5.74) is 2.05. The average molecular weight is 411 g/mol. The first-order chi connectivity index (χ1) is 15.2. The summed E-state index contributed by atoms with van der Waals surface area (Å²) in [5, 5.41) is 4.99. The molecule has 31 heavy (non-hydrogen) atoms. The molecule has 1 N–H and O–H groups in total. The zero-order chi connectivity index (χ0) is 21.5. The molecule has 0 unspecified atom stereocenters. The summed E-state index contributed by atoms with van der Waals surface area (Å²) >= 11 is 0. The van der Waals surface area contributed by atoms with Crippen molar-refractivity contribution in [2.75, 3.05) is 11.9 Å². The van der Waals surface area contributed by atoms with Crippen molar-refractivity contribution in [3.05, 3.63) is 108 Å². The van der Waals surface area contributed by atoms with Gasteiger partial charge in [-0.25, -0.2) is 4.79 Å². The Labute approximate surface area is 180 Å². The van der Waals surface area contributed by atoms with E-state index in [1.165, 1.54) is 0 Å². The number of nitrogens with one attached hydrogen (secondary N) is 1. The van der Waals surface area contributed by atoms with Crippen LogP contribution in [0.4, 0.5) is 5.69 Å². The maximum absolute atomic E-state index is 12.3. The van der Waals surface area contributed by atoms with Crippen molar-refractivity contribution < 1.29 is 19.1 Å². The minimum absolute atomic E-state index is 0.112. The van der Waals surface area contributed by atoms with Crippen LogP contribution in [0.5, 0.6) is 5.75 Å². The molecular weight excluding hydrogens is 390 g/mol. The lowest BCUT2D eigenvalue weighted by Crippen LogP contribution is -2.15. The minimum atomic E-state index is -0.459. The van der Waals surface area contributed by atoms with Gasteiger partial charge in [0.15, 0.2) is 6.61 Å². The predicted molar refractivity (Wildman–Crippen MR) is 120 cm³/mol. The van der Waals surface area contributed by atoms with Gasteiger partial charge in [-0.15, -0.1) is 0 Å². The molecule has 4 aromatic carbocycles. The maximum Gasteiger partial charge on any atom is 0.344 e. The molecule has 4 aromatic rings. The Morgan fingerprint density at radius 2 is 1.45 bits per heavy atom. The molecule has 154 valence electrons. The molecule has 0 spiro atoms. The van der Waals surface area contributed by atoms with Gasteiger partial charge in [-0.05, 0) is 52.7 Å². The molecule has 0 aromatic heterocycles. The van der Waals surface area contributed by atoms with Crippen molar-refractivity contribution in [2.45, 2.75) is 6.61 Å². The number of carbonyl (C=O) groups is 2. The van der Waals surface area contributed by atoms with Crippen LogP contribution in [0.3, 0.4) is 0 Å². The Balaban J connectivity index is 1.25. The Morgan fingerprint density at radius 3 is 2.23 bits per heavy atom. The van der Waals surface area contributed by atoms with Gasteiger partial charge < -0.3 is 14.8 Å². The number of benzene rings is 4. The number of para-hydroxylation sites is 1. The van der Waals surface area contributed by atoms with Gasteiger partial charge in [-0.1, -0.05) is 60.7 Å². The molecule has 0 aliphatic rings. The van der Waals surface area contributed by atoms with Crippen LogP contribution in [-0.4, -0.2) is 18.5 Å². The summed E-state index contributed by atoms with van der Waals surface area (Å²) < 4.78 is 10.8. The number of carbonyl (C=O) groups excluding carboxylic acids is 2. The molecule has 0 heterocycles. The third-order valence-electron chi connectivity index (χ3n) is 4.73. The lowest BCUT2D eigenvalue weighted by atomic mass is 10.1. The number of amides is 1. The average Bonchev–Trinajstić information content (AvgIpc) is 2.82. The van der Waals surface area contributed by atoms with Crippen LogP contribution in [0.25, 0.3) is 10.8 Å². The van der Waals surface area contributed by atoms with Crippen molar-refractivity contribution in [2.24, 2.45) is 0 Å². The maximum atomic E-state index is 12.3. The number of hydrogen-bond acceptors (Lipinski definition) is 4. The van der Waals surface area contributed by atoms with Gasteiger partial charge in [-0.3, -0.25) is 4.79 Å². The fraction of sp³-hybridized carbons (Fsp3) is 0.0769. The zero-order valence-electron chi connectivity index (χ0n) is 16.8. The smallest absolute Gasteiger partial charge is 0.344 e. The highest BCUT2D eigenvalue weighted by Crippen LogP contribution is 2.20. The highest BCUT2D eigenvalue weighted by molar-refractivity contribution is 6.04. The lowest BCUT2D eigenvalue weighted by Gasteiger charge is -2.09. The van der Waals surface area contributed by atoms with E-state index in [0.29, 0.717) is 11.3 Å². The molecule has 5 heteroatoms. The van der Waals surface area contributed by atoms with Crippen LogP contribution in [0.2, 0.25) is 0 Å². The summed E-state index contributed by atoms with van der Waals surface area (Å²) in [6.45, 7) is -0.0591. The molecule has 0 saturated heterocycles. The summed E-state index contributed by atoms with van der Waals surface area (Å²) in [4.78, 5) is 24.3. The first kappa shape index (κ1) is 20.2. The fourth-order valence-corrected chi connectivity index (χ4v) is 3.08. The number of anilines is 1. The van der Waals surface area contributed by atoms with E-state index in [-0.39, 0.29) is 19.1 Å². The quantitative estimate of drug-likeness (QED) is 0.424. The second-order valence-electron chi connectivity index (χ2n) is 6.98. The Kier molecular flexibility index (Phi) is 6.24. The van der Waals surface area contributed by atoms with Crippen LogP contribution >= 0.6 is 0 Å². The van der Waals surface area contributed by atoms with Gasteiger partial charge in [0.05, 0.1) is 0 Å². The van der Waals surface area contributed by atoms with Crippen molar-refractivity contribution in [1.29, 1.82) is 0 Å². The topological polar surface area (TPSA) is 64.6 Å². The van der Waals surface area contributed by atoms with Crippen LogP contribution in [0.1, 0.15) is 15.9 Å². The summed E-state index contributed by atoms with van der Waals surface area (Å²) in [5.74, 6) is -0.0398. The van der Waals surface area contributed by atoms with E-state index in [2.05, 4.69) is 5.32 Å². The third kappa shape index (κ3) is 5.48. The summed E-state index contributed by atoms with van der Waals surface area (Å²) in [7, 11) is 0. The zero-order valence-corrected chi connectivity index (χ0v) is 16.8. The molecule has 0 aliphatic carbocycles. The molecular formula is C26H21NO4. The second kappa shape index (κ2) is 9.59. The normalized spacial score (nSPS) is 10.5. The molecule has 4 rings (SSSR count). The van der Waals surface area contributed by atoms with Crippen molar-refractivity contribution in [3.8, 4) is 5.75 Å². The van der Waals surface area contributed by atoms with Gasteiger partial charge in [-0.2, -0.15) is 0 Å². The second-order valence-corrected chi connectivity index (χ2v) is 6.98. The third-order valence-corrected chi connectivity index (χ3v) is 4.73. The van der Waals surface area contributed by atoms with E-state index in [9.17, 15) is 9.59 Å². The predicted octanol–water partition coefficient (Wildman–Crippen LogP) is 5.21. The molecule has 0 saturated carbocycles. The van der Waals surface area contributed by atoms with Crippen molar-refractivity contribution in [1.82, 2.24) is 0 Å². The molecule has 1 amide bonds. The van der Waals surface area contributed by atoms with Crippen molar-refractivity contribution >= 4 is 28.3 Å². The molecule has 0 atom stereocenters. The Bertz CT molecular complexity index is 1190. The molecule has 0 aliphatic heterocycles. The highest BCUT2D eigenvalue weighted by Gasteiger charge is 2.08. The van der Waals surface area contributed by atoms with E-state index in [4.69, 9.17) is 9.47 Å². The standard InChI is InChI=1S/C26H21NO4/c28-25(18-30-24-15-14-20-6-4-5-7-22(20)16-24)31-17-19-10-12-21(13-11-19)26(29)27-23-8-2-1-3-9-23/h1-16H,17-18H2,(H,27,29). The van der Waals surface area contributed by atoms with Gasteiger partial charge in [0.25, 0.3) is 5.91 Å². The van der Waals surface area contributed by atoms with Crippen molar-refractivity contribution in [3.63, 3.8) is 0 Å². The van der Waals surface area contributed by atoms with Crippen LogP contribution in [-0.2, 0) is 16.1 Å². The Hall–Kier alpha value is -4.12. The number of ether oxygens (including phenoxy) is 2. The molecule has 0 bridgehead atoms. The monoisotopic (exact) mass is 411 g/mol. The van der Waals surface area contributed by atoms with Gasteiger partial charge in [0.1, 0.15) is 12.4 Å². The first-order valence-electron chi connectivity index (χ1n) is 9.90. The Morgan fingerprint density at radius 1 is 0.742 bits per heavy atom. The number of rotatable bonds is 7. The van der Waals surface area contributed by atoms with Crippen LogP contribution in [0.15, 0.2) is 97.1 Å². The minimum Gasteiger partial charge on any atom is -0.482 e. The fourth-order valence-electron chi connectivity index (χ4n) is 3.08. The largest absolute Gasteiger partial charge is 0.482 e. The SMILES string of the molecule is O=C(COc1ccc2ccccc2c1)OCc1ccc(C(=O)Nc2ccccc2)cc1. The first-order valence-corrected chi connectivity index (χ1v) is 9.90. The van der Waals surface area contributed by atoms with Gasteiger partial charge in [0.2, 0.25) is 0 Å². The number of esters is 1. The summed E-state index contributed by atoms with van der Waals surface area (Å²) in [6, 6.07) is 29.8. The molecule has 0 radical (unpaired) electrons. The van der Waals surface area contributed by atoms with E-state index in [1.807, 2.05) is 72.8 Å². The van der Waals surface area contributed by atoms with E-state index in [1.54, 1.807) is 24.3 Å². The van der Waals surface area contributed by atoms with Crippen LogP contribution < -0.4 is 10.1 Å². The van der Waals surface area contributed by atoms with Gasteiger partial charge >= 0.3 is 5.97 Å². The summed E-state index contributed by atoms with van der Waals surface area (Å²) in [6.07, 6.45) is 0. The van der Waals surface area contributed by atoms with E-state index < -0.39 is 5.97 Å². The lowest BCUT2D eigenvalue weighted by molar-refractivity contribution is -0.147. The van der Waals surface area contributed by atoms with E-state index >= 15 is 0 Å². The molecule has 0 fully saturated rings. The highest BCUT2D eigenvalue weighted by atomic mass is 16.6. The van der Waals surface area contributed by atoms with Crippen LogP contribution in [0, 0.1) is 0 Å². The number of hydrogen-bond donors (Lipinski definition) is 1. The number of fused-ring (bicyclic) bond motifs is 1. The van der Waals surface area contributed by atoms with E-state index in [0.717, 1.165) is 22.0 Å².